The Balaban J connectivity index is 4.48. The first-order chi connectivity index (χ1) is 6.02. The molecule has 2 atom stereocenters. The molecule has 0 saturated heterocycles. The molecule has 0 fully saturated rings. The molecule has 0 heterocycles. The Morgan fingerprint density at radius 1 is 1.62 bits per heavy atom. The molecule has 0 aromatic heterocycles. The number of hydrogen-bond acceptors (Lipinski definition) is 3. The summed E-state index contributed by atoms with van der Waals surface area (Å²) in [5.74, 6) is -0.877. The highest BCUT2D eigenvalue weighted by Gasteiger charge is 2.36. The summed E-state index contributed by atoms with van der Waals surface area (Å²) in [5.41, 5.74) is 4.60. The maximum Gasteiger partial charge on any atom is 0.310 e. The molecule has 4 N–H and O–H groups in total. The van der Waals surface area contributed by atoms with Crippen molar-refractivity contribution >= 4 is 5.97 Å². The van der Waals surface area contributed by atoms with Gasteiger partial charge in [-0.3, -0.25) is 4.79 Å². The van der Waals surface area contributed by atoms with Crippen LogP contribution in [0.5, 0.6) is 0 Å². The molecule has 0 spiro atoms. The highest BCUT2D eigenvalue weighted by Crippen LogP contribution is 2.29. The molecule has 0 aliphatic heterocycles. The van der Waals surface area contributed by atoms with Crippen molar-refractivity contribution in [1.29, 1.82) is 0 Å². The number of aliphatic hydroxyl groups is 1. The smallest absolute Gasteiger partial charge is 0.310 e. The van der Waals surface area contributed by atoms with Crippen LogP contribution in [0.4, 0.5) is 0 Å². The largest absolute Gasteiger partial charge is 0.481 e. The minimum atomic E-state index is -0.863. The first-order valence-electron chi connectivity index (χ1n) is 4.56. The van der Waals surface area contributed by atoms with E-state index in [0.717, 1.165) is 0 Å². The molecular formula is C9H19NO3. The molecule has 0 rings (SSSR count). The van der Waals surface area contributed by atoms with E-state index in [9.17, 15) is 4.79 Å². The summed E-state index contributed by atoms with van der Waals surface area (Å²) < 4.78 is 0. The summed E-state index contributed by atoms with van der Waals surface area (Å²) in [6.07, 6.45) is 0.939. The lowest BCUT2D eigenvalue weighted by molar-refractivity contribution is -0.149. The van der Waals surface area contributed by atoms with Crippen molar-refractivity contribution in [2.75, 3.05) is 13.2 Å². The SMILES string of the molecule is CCC(CN)(CC(C)CO)C(=O)O. The number of carboxylic acids is 1. The maximum absolute atomic E-state index is 11.0. The van der Waals surface area contributed by atoms with Crippen LogP contribution in [0.15, 0.2) is 0 Å². The van der Waals surface area contributed by atoms with Crippen molar-refractivity contribution in [2.45, 2.75) is 26.7 Å². The van der Waals surface area contributed by atoms with Gasteiger partial charge in [0.15, 0.2) is 0 Å². The number of nitrogens with two attached hydrogens (primary N) is 1. The van der Waals surface area contributed by atoms with Gasteiger partial charge in [0.2, 0.25) is 0 Å². The van der Waals surface area contributed by atoms with Crippen molar-refractivity contribution in [2.24, 2.45) is 17.1 Å². The van der Waals surface area contributed by atoms with Gasteiger partial charge in [0, 0.05) is 13.2 Å². The molecule has 4 heteroatoms. The van der Waals surface area contributed by atoms with E-state index < -0.39 is 11.4 Å². The molecular weight excluding hydrogens is 170 g/mol. The Morgan fingerprint density at radius 3 is 2.38 bits per heavy atom. The van der Waals surface area contributed by atoms with Crippen LogP contribution < -0.4 is 5.73 Å². The molecule has 0 radical (unpaired) electrons. The van der Waals surface area contributed by atoms with Crippen LogP contribution in [0.1, 0.15) is 26.7 Å². The van der Waals surface area contributed by atoms with Crippen molar-refractivity contribution in [3.63, 3.8) is 0 Å². The number of aliphatic carboxylic acids is 1. The van der Waals surface area contributed by atoms with Gasteiger partial charge in [0.1, 0.15) is 0 Å². The second kappa shape index (κ2) is 5.19. The second-order valence-corrected chi connectivity index (χ2v) is 3.64. The summed E-state index contributed by atoms with van der Waals surface area (Å²) in [7, 11) is 0. The lowest BCUT2D eigenvalue weighted by Gasteiger charge is -2.28. The minimum absolute atomic E-state index is 0.00896. The fraction of sp³-hybridized carbons (Fsp3) is 0.889. The first-order valence-corrected chi connectivity index (χ1v) is 4.56. The van der Waals surface area contributed by atoms with Crippen LogP contribution in [-0.4, -0.2) is 29.3 Å². The van der Waals surface area contributed by atoms with E-state index in [1.807, 2.05) is 13.8 Å². The quantitative estimate of drug-likeness (QED) is 0.566. The van der Waals surface area contributed by atoms with Gasteiger partial charge < -0.3 is 15.9 Å². The van der Waals surface area contributed by atoms with E-state index in [1.54, 1.807) is 0 Å². The average Bonchev–Trinajstić information content (AvgIpc) is 2.13. The van der Waals surface area contributed by atoms with Crippen LogP contribution in [-0.2, 0) is 4.79 Å². The van der Waals surface area contributed by atoms with E-state index in [4.69, 9.17) is 15.9 Å². The Hall–Kier alpha value is -0.610. The van der Waals surface area contributed by atoms with E-state index >= 15 is 0 Å². The van der Waals surface area contributed by atoms with Crippen LogP contribution in [0.25, 0.3) is 0 Å². The highest BCUT2D eigenvalue weighted by molar-refractivity contribution is 5.74. The van der Waals surface area contributed by atoms with Gasteiger partial charge in [-0.1, -0.05) is 13.8 Å². The highest BCUT2D eigenvalue weighted by atomic mass is 16.4. The van der Waals surface area contributed by atoms with Crippen molar-refractivity contribution in [1.82, 2.24) is 0 Å². The zero-order chi connectivity index (χ0) is 10.5. The lowest BCUT2D eigenvalue weighted by atomic mass is 9.77. The molecule has 13 heavy (non-hydrogen) atoms. The standard InChI is InChI=1S/C9H19NO3/c1-3-9(6-10,8(12)13)4-7(2)5-11/h7,11H,3-6,10H2,1-2H3,(H,12,13). The third-order valence-corrected chi connectivity index (χ3v) is 2.57. The number of carboxylic acid groups (broad SMARTS) is 1. The van der Waals surface area contributed by atoms with Gasteiger partial charge in [-0.2, -0.15) is 0 Å². The monoisotopic (exact) mass is 189 g/mol. The number of carbonyl (C=O) groups is 1. The van der Waals surface area contributed by atoms with Crippen LogP contribution >= 0.6 is 0 Å². The molecule has 0 aliphatic rings. The number of aliphatic hydroxyl groups excluding tert-OH is 1. The summed E-state index contributed by atoms with van der Waals surface area (Å²) >= 11 is 0. The predicted molar refractivity (Wildman–Crippen MR) is 50.3 cm³/mol. The Bertz CT molecular complexity index is 166. The van der Waals surface area contributed by atoms with E-state index in [1.165, 1.54) is 0 Å². The third kappa shape index (κ3) is 2.97. The molecule has 0 aromatic carbocycles. The van der Waals surface area contributed by atoms with Gasteiger partial charge in [-0.05, 0) is 18.8 Å². The van der Waals surface area contributed by atoms with Crippen LogP contribution in [0.2, 0.25) is 0 Å². The first kappa shape index (κ1) is 12.4. The Morgan fingerprint density at radius 2 is 2.15 bits per heavy atom. The fourth-order valence-electron chi connectivity index (χ4n) is 1.43. The normalized spacial score (nSPS) is 17.8. The minimum Gasteiger partial charge on any atom is -0.481 e. The zero-order valence-electron chi connectivity index (χ0n) is 8.29. The van der Waals surface area contributed by atoms with Crippen LogP contribution in [0, 0.1) is 11.3 Å². The van der Waals surface area contributed by atoms with Crippen molar-refractivity contribution in [3.8, 4) is 0 Å². The van der Waals surface area contributed by atoms with Gasteiger partial charge in [-0.15, -0.1) is 0 Å². The fourth-order valence-corrected chi connectivity index (χ4v) is 1.43. The molecule has 2 unspecified atom stereocenters. The van der Waals surface area contributed by atoms with Gasteiger partial charge in [0.25, 0.3) is 0 Å². The number of rotatable bonds is 6. The summed E-state index contributed by atoms with van der Waals surface area (Å²) in [4.78, 5) is 11.0. The van der Waals surface area contributed by atoms with Gasteiger partial charge >= 0.3 is 5.97 Å². The number of hydrogen-bond donors (Lipinski definition) is 3. The molecule has 0 aliphatic carbocycles. The Kier molecular flexibility index (Phi) is 4.95. The molecule has 78 valence electrons. The Labute approximate surface area is 78.7 Å². The van der Waals surface area contributed by atoms with Gasteiger partial charge in [0.05, 0.1) is 5.41 Å². The summed E-state index contributed by atoms with van der Waals surface area (Å²) in [6, 6.07) is 0. The molecule has 0 amide bonds. The lowest BCUT2D eigenvalue weighted by Crippen LogP contribution is -2.39. The van der Waals surface area contributed by atoms with Crippen molar-refractivity contribution in [3.05, 3.63) is 0 Å². The summed E-state index contributed by atoms with van der Waals surface area (Å²) in [6.45, 7) is 3.77. The third-order valence-electron chi connectivity index (χ3n) is 2.57. The zero-order valence-corrected chi connectivity index (χ0v) is 8.29. The van der Waals surface area contributed by atoms with Gasteiger partial charge in [-0.25, -0.2) is 0 Å². The van der Waals surface area contributed by atoms with Crippen molar-refractivity contribution < 1.29 is 15.0 Å². The van der Waals surface area contributed by atoms with E-state index in [-0.39, 0.29) is 19.1 Å². The molecule has 0 bridgehead atoms. The van der Waals surface area contributed by atoms with E-state index in [2.05, 4.69) is 0 Å². The van der Waals surface area contributed by atoms with E-state index in [0.29, 0.717) is 12.8 Å². The molecule has 4 nitrogen and oxygen atoms in total. The summed E-state index contributed by atoms with van der Waals surface area (Å²) in [5, 5.41) is 17.8. The van der Waals surface area contributed by atoms with Crippen LogP contribution in [0.3, 0.4) is 0 Å². The predicted octanol–water partition coefficient (Wildman–Crippen LogP) is 0.445. The maximum atomic E-state index is 11.0. The average molecular weight is 189 g/mol. The topological polar surface area (TPSA) is 83.5 Å². The molecule has 0 aromatic rings. The second-order valence-electron chi connectivity index (χ2n) is 3.64. The molecule has 0 saturated carbocycles.